The molecule has 1 fully saturated rings. The number of aliphatic hydroxyl groups excluding tert-OH is 1. The standard InChI is InChI=1S/C19H27N3O2/c1-15(23)13-21(16-7-3-2-4-8-16)11-12-22-14-20-18-10-6-5-9-17(18)19(22)24/h5-6,9-10,14-16,23H,2-4,7-8,11-13H2,1H3. The van der Waals surface area contributed by atoms with Crippen molar-refractivity contribution in [3.63, 3.8) is 0 Å². The number of aliphatic hydroxyl groups is 1. The van der Waals surface area contributed by atoms with Crippen LogP contribution in [-0.2, 0) is 6.54 Å². The molecule has 5 heteroatoms. The van der Waals surface area contributed by atoms with E-state index in [9.17, 15) is 9.90 Å². The maximum atomic E-state index is 12.6. The molecule has 1 saturated carbocycles. The topological polar surface area (TPSA) is 58.4 Å². The van der Waals surface area contributed by atoms with Gasteiger partial charge in [0.15, 0.2) is 0 Å². The maximum Gasteiger partial charge on any atom is 0.261 e. The molecule has 0 spiro atoms. The first kappa shape index (κ1) is 17.1. The van der Waals surface area contributed by atoms with Gasteiger partial charge in [0.05, 0.1) is 23.3 Å². The Morgan fingerprint density at radius 3 is 2.79 bits per heavy atom. The Labute approximate surface area is 142 Å². The van der Waals surface area contributed by atoms with E-state index in [0.29, 0.717) is 24.5 Å². The Kier molecular flexibility index (Phi) is 5.63. The summed E-state index contributed by atoms with van der Waals surface area (Å²) in [6, 6.07) is 7.99. The summed E-state index contributed by atoms with van der Waals surface area (Å²) >= 11 is 0. The van der Waals surface area contributed by atoms with E-state index in [1.807, 2.05) is 31.2 Å². The normalized spacial score (nSPS) is 17.5. The van der Waals surface area contributed by atoms with Gasteiger partial charge in [-0.25, -0.2) is 4.98 Å². The summed E-state index contributed by atoms with van der Waals surface area (Å²) in [5.41, 5.74) is 0.758. The number of rotatable bonds is 6. The molecule has 3 rings (SSSR count). The van der Waals surface area contributed by atoms with Crippen LogP contribution in [0, 0.1) is 0 Å². The number of hydrogen-bond donors (Lipinski definition) is 1. The van der Waals surface area contributed by atoms with Crippen molar-refractivity contribution in [3.05, 3.63) is 40.9 Å². The molecule has 0 radical (unpaired) electrons. The number of nitrogens with zero attached hydrogens (tertiary/aromatic N) is 3. The first-order valence-corrected chi connectivity index (χ1v) is 9.01. The largest absolute Gasteiger partial charge is 0.392 e. The number of aromatic nitrogens is 2. The van der Waals surface area contributed by atoms with Crippen molar-refractivity contribution in [2.75, 3.05) is 13.1 Å². The van der Waals surface area contributed by atoms with Gasteiger partial charge in [0.1, 0.15) is 0 Å². The van der Waals surface area contributed by atoms with Crippen LogP contribution in [0.1, 0.15) is 39.0 Å². The zero-order valence-electron chi connectivity index (χ0n) is 14.4. The molecule has 1 aliphatic rings. The summed E-state index contributed by atoms with van der Waals surface area (Å²) in [5.74, 6) is 0. The quantitative estimate of drug-likeness (QED) is 0.884. The van der Waals surface area contributed by atoms with E-state index < -0.39 is 0 Å². The van der Waals surface area contributed by atoms with Crippen LogP contribution >= 0.6 is 0 Å². The van der Waals surface area contributed by atoms with Crippen LogP contribution in [0.15, 0.2) is 35.4 Å². The molecule has 1 N–H and O–H groups in total. The van der Waals surface area contributed by atoms with Crippen LogP contribution in [0.3, 0.4) is 0 Å². The third-order valence-electron chi connectivity index (χ3n) is 4.95. The average Bonchev–Trinajstić information content (AvgIpc) is 2.61. The second-order valence-electron chi connectivity index (χ2n) is 6.90. The molecule has 1 unspecified atom stereocenters. The van der Waals surface area contributed by atoms with E-state index in [2.05, 4.69) is 9.88 Å². The van der Waals surface area contributed by atoms with Crippen LogP contribution < -0.4 is 5.56 Å². The lowest BCUT2D eigenvalue weighted by Gasteiger charge is -2.35. The molecule has 1 aliphatic carbocycles. The van der Waals surface area contributed by atoms with E-state index in [1.165, 1.54) is 32.1 Å². The smallest absolute Gasteiger partial charge is 0.261 e. The first-order valence-electron chi connectivity index (χ1n) is 9.01. The molecule has 5 nitrogen and oxygen atoms in total. The number of benzene rings is 1. The Hall–Kier alpha value is -1.72. The summed E-state index contributed by atoms with van der Waals surface area (Å²) < 4.78 is 1.69. The lowest BCUT2D eigenvalue weighted by molar-refractivity contribution is 0.0794. The van der Waals surface area contributed by atoms with Gasteiger partial charge in [-0.1, -0.05) is 31.4 Å². The SMILES string of the molecule is CC(O)CN(CCn1cnc2ccccc2c1=O)C1CCCCC1. The monoisotopic (exact) mass is 329 g/mol. The molecule has 1 atom stereocenters. The molecule has 0 bridgehead atoms. The van der Waals surface area contributed by atoms with Crippen LogP contribution in [0.4, 0.5) is 0 Å². The molecule has 1 aromatic heterocycles. The van der Waals surface area contributed by atoms with Gasteiger partial charge >= 0.3 is 0 Å². The van der Waals surface area contributed by atoms with Crippen molar-refractivity contribution >= 4 is 10.9 Å². The van der Waals surface area contributed by atoms with E-state index in [0.717, 1.165) is 12.1 Å². The van der Waals surface area contributed by atoms with Crippen molar-refractivity contribution in [2.45, 2.75) is 57.7 Å². The van der Waals surface area contributed by atoms with Gasteiger partial charge in [0.2, 0.25) is 0 Å². The minimum atomic E-state index is -0.349. The highest BCUT2D eigenvalue weighted by atomic mass is 16.3. The van der Waals surface area contributed by atoms with Gasteiger partial charge in [-0.2, -0.15) is 0 Å². The van der Waals surface area contributed by atoms with Crippen LogP contribution in [-0.4, -0.2) is 44.8 Å². The molecule has 130 valence electrons. The predicted octanol–water partition coefficient (Wildman–Crippen LogP) is 2.41. The second-order valence-corrected chi connectivity index (χ2v) is 6.90. The summed E-state index contributed by atoms with van der Waals surface area (Å²) in [5, 5.41) is 10.5. The highest BCUT2D eigenvalue weighted by molar-refractivity contribution is 5.76. The molecule has 0 amide bonds. The highest BCUT2D eigenvalue weighted by Crippen LogP contribution is 2.22. The number of fused-ring (bicyclic) bond motifs is 1. The lowest BCUT2D eigenvalue weighted by Crippen LogP contribution is -2.43. The molecular weight excluding hydrogens is 302 g/mol. The van der Waals surface area contributed by atoms with E-state index in [-0.39, 0.29) is 11.7 Å². The molecule has 1 aromatic carbocycles. The van der Waals surface area contributed by atoms with Crippen molar-refractivity contribution < 1.29 is 5.11 Å². The fraction of sp³-hybridized carbons (Fsp3) is 0.579. The van der Waals surface area contributed by atoms with Gasteiger partial charge in [-0.3, -0.25) is 14.3 Å². The molecule has 24 heavy (non-hydrogen) atoms. The second kappa shape index (κ2) is 7.90. The van der Waals surface area contributed by atoms with Gasteiger partial charge in [0.25, 0.3) is 5.56 Å². The highest BCUT2D eigenvalue weighted by Gasteiger charge is 2.22. The maximum absolute atomic E-state index is 12.6. The number of hydrogen-bond acceptors (Lipinski definition) is 4. The van der Waals surface area contributed by atoms with Gasteiger partial charge in [-0.15, -0.1) is 0 Å². The van der Waals surface area contributed by atoms with E-state index >= 15 is 0 Å². The zero-order chi connectivity index (χ0) is 16.9. The van der Waals surface area contributed by atoms with Crippen molar-refractivity contribution in [3.8, 4) is 0 Å². The number of para-hydroxylation sites is 1. The summed E-state index contributed by atoms with van der Waals surface area (Å²) in [7, 11) is 0. The fourth-order valence-electron chi connectivity index (χ4n) is 3.71. The van der Waals surface area contributed by atoms with Crippen molar-refractivity contribution in [1.82, 2.24) is 14.5 Å². The molecule has 0 saturated heterocycles. The molecule has 2 aromatic rings. The fourth-order valence-corrected chi connectivity index (χ4v) is 3.71. The Morgan fingerprint density at radius 1 is 1.29 bits per heavy atom. The first-order chi connectivity index (χ1) is 11.6. The van der Waals surface area contributed by atoms with Crippen molar-refractivity contribution in [2.24, 2.45) is 0 Å². The Bertz CT molecular complexity index is 720. The predicted molar refractivity (Wildman–Crippen MR) is 96.1 cm³/mol. The van der Waals surface area contributed by atoms with Crippen LogP contribution in [0.25, 0.3) is 10.9 Å². The van der Waals surface area contributed by atoms with E-state index in [1.54, 1.807) is 10.9 Å². The van der Waals surface area contributed by atoms with Gasteiger partial charge < -0.3 is 5.11 Å². The van der Waals surface area contributed by atoms with Gasteiger partial charge in [0, 0.05) is 25.7 Å². The summed E-state index contributed by atoms with van der Waals surface area (Å²) in [4.78, 5) is 19.3. The van der Waals surface area contributed by atoms with E-state index in [4.69, 9.17) is 0 Å². The molecular formula is C19H27N3O2. The Balaban J connectivity index is 1.74. The molecule has 0 aliphatic heterocycles. The minimum absolute atomic E-state index is 0.0150. The minimum Gasteiger partial charge on any atom is -0.392 e. The zero-order valence-corrected chi connectivity index (χ0v) is 14.4. The Morgan fingerprint density at radius 2 is 2.04 bits per heavy atom. The summed E-state index contributed by atoms with van der Waals surface area (Å²) in [6.07, 6.45) is 7.52. The average molecular weight is 329 g/mol. The molecule has 1 heterocycles. The van der Waals surface area contributed by atoms with Gasteiger partial charge in [-0.05, 0) is 31.9 Å². The van der Waals surface area contributed by atoms with Crippen LogP contribution in [0.5, 0.6) is 0 Å². The van der Waals surface area contributed by atoms with Crippen LogP contribution in [0.2, 0.25) is 0 Å². The third kappa shape index (κ3) is 4.02. The van der Waals surface area contributed by atoms with Crippen molar-refractivity contribution in [1.29, 1.82) is 0 Å². The lowest BCUT2D eigenvalue weighted by atomic mass is 9.94. The third-order valence-corrected chi connectivity index (χ3v) is 4.95. The summed E-state index contributed by atoms with van der Waals surface area (Å²) in [6.45, 7) is 3.88.